The van der Waals surface area contributed by atoms with Crippen LogP contribution in [0.4, 0.5) is 0 Å². The molecule has 0 amide bonds. The summed E-state index contributed by atoms with van der Waals surface area (Å²) >= 11 is 1.68. The van der Waals surface area contributed by atoms with E-state index in [2.05, 4.69) is 13.5 Å². The molecule has 4 atom stereocenters. The summed E-state index contributed by atoms with van der Waals surface area (Å²) in [7, 11) is 0. The van der Waals surface area contributed by atoms with E-state index in [9.17, 15) is 9.59 Å². The van der Waals surface area contributed by atoms with Gasteiger partial charge in [0.1, 0.15) is 0 Å². The highest BCUT2D eigenvalue weighted by Crippen LogP contribution is 2.26. The Morgan fingerprint density at radius 1 is 1.40 bits per heavy atom. The molecule has 1 aliphatic rings. The van der Waals surface area contributed by atoms with Gasteiger partial charge in [0, 0.05) is 11.3 Å². The van der Waals surface area contributed by atoms with Crippen molar-refractivity contribution < 1.29 is 23.8 Å². The van der Waals surface area contributed by atoms with Crippen LogP contribution < -0.4 is 0 Å². The van der Waals surface area contributed by atoms with Crippen molar-refractivity contribution in [1.29, 1.82) is 0 Å². The van der Waals surface area contributed by atoms with Gasteiger partial charge in [-0.15, -0.1) is 11.8 Å². The lowest BCUT2D eigenvalue weighted by molar-refractivity contribution is -0.194. The van der Waals surface area contributed by atoms with Gasteiger partial charge in [-0.1, -0.05) is 27.4 Å². The molecule has 116 valence electrons. The van der Waals surface area contributed by atoms with Gasteiger partial charge in [0.15, 0.2) is 6.10 Å². The molecule has 0 bridgehead atoms. The van der Waals surface area contributed by atoms with Crippen molar-refractivity contribution in [2.24, 2.45) is 0 Å². The lowest BCUT2D eigenvalue weighted by Crippen LogP contribution is -2.39. The lowest BCUT2D eigenvalue weighted by atomic mass is 10.3. The number of esters is 2. The normalized spacial score (nSPS) is 26.6. The Labute approximate surface area is 125 Å². The first-order valence-corrected chi connectivity index (χ1v) is 7.79. The fraction of sp³-hybridized carbons (Fsp3) is 0.714. The molecule has 0 saturated carbocycles. The van der Waals surface area contributed by atoms with Crippen molar-refractivity contribution in [3.05, 3.63) is 12.7 Å². The maximum Gasteiger partial charge on any atom is 0.349 e. The number of rotatable bonds is 4. The number of ether oxygens (including phenoxy) is 3. The van der Waals surface area contributed by atoms with Crippen LogP contribution in [0.15, 0.2) is 12.7 Å². The summed E-state index contributed by atoms with van der Waals surface area (Å²) in [5, 5.41) is 0.371. The number of carbonyl (C=O) groups excluding carboxylic acids is 2. The molecule has 1 saturated heterocycles. The van der Waals surface area contributed by atoms with Gasteiger partial charge in [0.05, 0.1) is 11.9 Å². The van der Waals surface area contributed by atoms with Crippen LogP contribution in [0, 0.1) is 0 Å². The summed E-state index contributed by atoms with van der Waals surface area (Å²) in [5.74, 6) is -0.683. The first-order chi connectivity index (χ1) is 9.43. The van der Waals surface area contributed by atoms with Gasteiger partial charge in [0.2, 0.25) is 6.29 Å². The van der Waals surface area contributed by atoms with Gasteiger partial charge >= 0.3 is 11.9 Å². The molecular weight excluding hydrogens is 280 g/mol. The van der Waals surface area contributed by atoms with E-state index in [1.54, 1.807) is 11.8 Å². The quantitative estimate of drug-likeness (QED) is 0.587. The van der Waals surface area contributed by atoms with Crippen molar-refractivity contribution in [2.75, 3.05) is 5.75 Å². The van der Waals surface area contributed by atoms with Crippen molar-refractivity contribution in [3.8, 4) is 0 Å². The Morgan fingerprint density at radius 3 is 2.50 bits per heavy atom. The molecule has 20 heavy (non-hydrogen) atoms. The molecule has 0 aliphatic carbocycles. The summed E-state index contributed by atoms with van der Waals surface area (Å²) in [5.41, 5.74) is 0. The second kappa shape index (κ2) is 9.83. The molecule has 4 unspecified atom stereocenters. The molecule has 0 aromatic rings. The van der Waals surface area contributed by atoms with Crippen LogP contribution in [-0.4, -0.2) is 41.4 Å². The minimum absolute atomic E-state index is 0.0209. The molecule has 0 spiro atoms. The smallest absolute Gasteiger partial charge is 0.349 e. The molecule has 1 rings (SSSR count). The van der Waals surface area contributed by atoms with Gasteiger partial charge < -0.3 is 14.2 Å². The Balaban J connectivity index is 0.00000172. The predicted molar refractivity (Wildman–Crippen MR) is 79.4 cm³/mol. The van der Waals surface area contributed by atoms with Crippen LogP contribution in [0.5, 0.6) is 0 Å². The van der Waals surface area contributed by atoms with E-state index in [0.717, 1.165) is 6.08 Å². The summed E-state index contributed by atoms with van der Waals surface area (Å²) in [6, 6.07) is 0. The van der Waals surface area contributed by atoms with Gasteiger partial charge in [0.25, 0.3) is 0 Å². The highest BCUT2D eigenvalue weighted by molar-refractivity contribution is 8.00. The van der Waals surface area contributed by atoms with E-state index in [4.69, 9.17) is 14.2 Å². The van der Waals surface area contributed by atoms with Crippen LogP contribution in [0.25, 0.3) is 0 Å². The average molecular weight is 304 g/mol. The fourth-order valence-electron chi connectivity index (χ4n) is 1.31. The van der Waals surface area contributed by atoms with E-state index in [1.165, 1.54) is 6.92 Å². The molecule has 0 N–H and O–H groups in total. The summed E-state index contributed by atoms with van der Waals surface area (Å²) in [4.78, 5) is 22.6. The third-order valence-electron chi connectivity index (χ3n) is 2.56. The average Bonchev–Trinajstić information content (AvgIpc) is 2.44. The maximum atomic E-state index is 11.6. The molecule has 5 nitrogen and oxygen atoms in total. The van der Waals surface area contributed by atoms with Crippen LogP contribution in [0.1, 0.15) is 34.6 Å². The summed E-state index contributed by atoms with van der Waals surface area (Å²) < 4.78 is 15.4. The van der Waals surface area contributed by atoms with Gasteiger partial charge in [-0.25, -0.2) is 9.59 Å². The van der Waals surface area contributed by atoms with Crippen molar-refractivity contribution in [1.82, 2.24) is 0 Å². The Bertz CT molecular complexity index is 332. The Morgan fingerprint density at radius 2 is 2.00 bits per heavy atom. The molecule has 1 fully saturated rings. The summed E-state index contributed by atoms with van der Waals surface area (Å²) in [6.45, 7) is 12.7. The van der Waals surface area contributed by atoms with Crippen molar-refractivity contribution in [2.45, 2.75) is 58.4 Å². The third kappa shape index (κ3) is 6.43. The highest BCUT2D eigenvalue weighted by atomic mass is 32.2. The van der Waals surface area contributed by atoms with E-state index in [1.807, 2.05) is 20.8 Å². The maximum absolute atomic E-state index is 11.6. The second-order valence-electron chi connectivity index (χ2n) is 4.03. The Kier molecular flexibility index (Phi) is 9.33. The zero-order valence-corrected chi connectivity index (χ0v) is 13.6. The molecule has 1 heterocycles. The highest BCUT2D eigenvalue weighted by Gasteiger charge is 2.30. The molecular formula is C14H24O5S. The van der Waals surface area contributed by atoms with Gasteiger partial charge in [-0.2, -0.15) is 0 Å². The first kappa shape index (κ1) is 19.0. The third-order valence-corrected chi connectivity index (χ3v) is 3.94. The zero-order valence-electron chi connectivity index (χ0n) is 12.8. The SMILES string of the molecule is C=CC(=O)OC(C)C(=O)OC1CSC(C)C(C)O1.CC. The molecule has 0 aromatic carbocycles. The van der Waals surface area contributed by atoms with E-state index in [-0.39, 0.29) is 6.10 Å². The second-order valence-corrected chi connectivity index (χ2v) is 5.44. The standard InChI is InChI=1S/C12H18O5S.C2H6/c1-5-10(13)15-8(3)12(14)17-11-6-18-9(4)7(2)16-11;1-2/h5,7-9,11H,1,6H2,2-4H3;1-2H3. The zero-order chi connectivity index (χ0) is 15.7. The number of hydrogen-bond donors (Lipinski definition) is 0. The largest absolute Gasteiger partial charge is 0.447 e. The topological polar surface area (TPSA) is 61.8 Å². The number of thioether (sulfide) groups is 1. The molecule has 6 heteroatoms. The molecule has 1 aliphatic heterocycles. The van der Waals surface area contributed by atoms with E-state index < -0.39 is 24.3 Å². The predicted octanol–water partition coefficient (Wildman–Crippen LogP) is 2.54. The van der Waals surface area contributed by atoms with Crippen LogP contribution in [-0.2, 0) is 23.8 Å². The minimum atomic E-state index is -0.959. The first-order valence-electron chi connectivity index (χ1n) is 6.74. The van der Waals surface area contributed by atoms with Crippen LogP contribution in [0.3, 0.4) is 0 Å². The monoisotopic (exact) mass is 304 g/mol. The van der Waals surface area contributed by atoms with Crippen molar-refractivity contribution in [3.63, 3.8) is 0 Å². The van der Waals surface area contributed by atoms with Crippen molar-refractivity contribution >= 4 is 23.7 Å². The molecule has 0 aromatic heterocycles. The van der Waals surface area contributed by atoms with E-state index >= 15 is 0 Å². The van der Waals surface area contributed by atoms with E-state index in [0.29, 0.717) is 11.0 Å². The number of carbonyl (C=O) groups is 2. The van der Waals surface area contributed by atoms with Gasteiger partial charge in [-0.05, 0) is 13.8 Å². The van der Waals surface area contributed by atoms with Crippen LogP contribution >= 0.6 is 11.8 Å². The fourth-order valence-corrected chi connectivity index (χ4v) is 2.26. The minimum Gasteiger partial charge on any atom is -0.447 e. The van der Waals surface area contributed by atoms with Crippen LogP contribution in [0.2, 0.25) is 0 Å². The molecule has 0 radical (unpaired) electrons. The lowest BCUT2D eigenvalue weighted by Gasteiger charge is -2.32. The Hall–Kier alpha value is -1.01. The number of hydrogen-bond acceptors (Lipinski definition) is 6. The van der Waals surface area contributed by atoms with Gasteiger partial charge in [-0.3, -0.25) is 0 Å². The summed E-state index contributed by atoms with van der Waals surface area (Å²) in [6.07, 6.45) is -0.523.